The van der Waals surface area contributed by atoms with E-state index in [1.807, 2.05) is 0 Å². The molecule has 0 saturated carbocycles. The number of aromatic nitrogens is 2. The van der Waals surface area contributed by atoms with E-state index in [1.165, 1.54) is 7.05 Å². The Labute approximate surface area is 137 Å². The van der Waals surface area contributed by atoms with Crippen LogP contribution in [0, 0.1) is 0 Å². The van der Waals surface area contributed by atoms with Gasteiger partial charge in [0, 0.05) is 21.0 Å². The number of hydrogen-bond acceptors (Lipinski definition) is 3. The molecular weight excluding hydrogens is 331 g/mol. The zero-order valence-electron chi connectivity index (χ0n) is 13.2. The van der Waals surface area contributed by atoms with E-state index in [-0.39, 0.29) is 11.6 Å². The van der Waals surface area contributed by atoms with E-state index < -0.39 is 18.3 Å². The Morgan fingerprint density at radius 2 is 1.91 bits per heavy atom. The lowest BCUT2D eigenvalue weighted by Crippen LogP contribution is -2.21. The molecule has 1 aromatic heterocycles. The van der Waals surface area contributed by atoms with Crippen LogP contribution in [0.3, 0.4) is 0 Å². The summed E-state index contributed by atoms with van der Waals surface area (Å²) in [6, 6.07) is 0. The predicted molar refractivity (Wildman–Crippen MR) is 82.8 cm³/mol. The van der Waals surface area contributed by atoms with Crippen molar-refractivity contribution in [3.63, 3.8) is 0 Å². The topological polar surface area (TPSA) is 30.3 Å². The first-order chi connectivity index (χ1) is 10.6. The first-order valence-electron chi connectivity index (χ1n) is 6.82. The SMILES string of the molecule is C=C1C(Cl)=CC(C)=C(c2nn(C)c(OC(C)F)c2C(F)F)N1C. The molecule has 1 aromatic rings. The maximum Gasteiger partial charge on any atom is 0.271 e. The zero-order valence-corrected chi connectivity index (χ0v) is 14.0. The van der Waals surface area contributed by atoms with Gasteiger partial charge in [-0.15, -0.1) is 0 Å². The fourth-order valence-corrected chi connectivity index (χ4v) is 2.73. The number of halogens is 4. The number of ether oxygens (including phenoxy) is 1. The fraction of sp³-hybridized carbons (Fsp3) is 0.400. The Hall–Kier alpha value is -1.89. The van der Waals surface area contributed by atoms with Crippen LogP contribution in [0.1, 0.15) is 31.5 Å². The van der Waals surface area contributed by atoms with Crippen LogP contribution < -0.4 is 4.74 Å². The quantitative estimate of drug-likeness (QED) is 0.810. The molecule has 0 bridgehead atoms. The summed E-state index contributed by atoms with van der Waals surface area (Å²) < 4.78 is 46.3. The molecule has 1 aliphatic heterocycles. The minimum absolute atomic E-state index is 0.0136. The summed E-state index contributed by atoms with van der Waals surface area (Å²) >= 11 is 6.05. The van der Waals surface area contributed by atoms with Crippen molar-refractivity contribution in [2.45, 2.75) is 26.6 Å². The monoisotopic (exact) mass is 347 g/mol. The number of alkyl halides is 3. The highest BCUT2D eigenvalue weighted by atomic mass is 35.5. The number of hydrogen-bond donors (Lipinski definition) is 0. The van der Waals surface area contributed by atoms with Gasteiger partial charge in [-0.1, -0.05) is 18.2 Å². The molecule has 0 spiro atoms. The van der Waals surface area contributed by atoms with E-state index in [4.69, 9.17) is 16.3 Å². The van der Waals surface area contributed by atoms with Gasteiger partial charge < -0.3 is 9.64 Å². The molecule has 8 heteroatoms. The van der Waals surface area contributed by atoms with E-state index in [9.17, 15) is 13.2 Å². The van der Waals surface area contributed by atoms with Crippen molar-refractivity contribution in [2.75, 3.05) is 7.05 Å². The minimum Gasteiger partial charge on any atom is -0.443 e. The largest absolute Gasteiger partial charge is 0.443 e. The van der Waals surface area contributed by atoms with Gasteiger partial charge in [0.1, 0.15) is 11.3 Å². The van der Waals surface area contributed by atoms with Gasteiger partial charge in [0.25, 0.3) is 6.43 Å². The molecule has 4 nitrogen and oxygen atoms in total. The van der Waals surface area contributed by atoms with Gasteiger partial charge in [-0.05, 0) is 18.6 Å². The average Bonchev–Trinajstić information content (AvgIpc) is 2.72. The summed E-state index contributed by atoms with van der Waals surface area (Å²) in [5.74, 6) is -0.301. The van der Waals surface area contributed by atoms with Crippen molar-refractivity contribution in [1.82, 2.24) is 14.7 Å². The number of allylic oxidation sites excluding steroid dienone is 3. The van der Waals surface area contributed by atoms with Gasteiger partial charge in [0.2, 0.25) is 12.2 Å². The third-order valence-electron chi connectivity index (χ3n) is 3.48. The Morgan fingerprint density at radius 3 is 2.43 bits per heavy atom. The molecule has 1 atom stereocenters. The molecule has 0 fully saturated rings. The highest BCUT2D eigenvalue weighted by molar-refractivity contribution is 6.32. The molecule has 0 radical (unpaired) electrons. The molecule has 1 aliphatic rings. The van der Waals surface area contributed by atoms with Gasteiger partial charge in [0.15, 0.2) is 0 Å². The Morgan fingerprint density at radius 1 is 1.30 bits per heavy atom. The molecule has 23 heavy (non-hydrogen) atoms. The lowest BCUT2D eigenvalue weighted by Gasteiger charge is -2.29. The molecule has 1 unspecified atom stereocenters. The van der Waals surface area contributed by atoms with Crippen LogP contribution in [-0.2, 0) is 7.05 Å². The second-order valence-corrected chi connectivity index (χ2v) is 5.59. The molecule has 2 rings (SSSR count). The summed E-state index contributed by atoms with van der Waals surface area (Å²) in [5, 5.41) is 4.51. The summed E-state index contributed by atoms with van der Waals surface area (Å²) in [7, 11) is 3.07. The number of nitrogens with zero attached hydrogens (tertiary/aromatic N) is 3. The molecule has 2 heterocycles. The first kappa shape index (κ1) is 17.5. The van der Waals surface area contributed by atoms with E-state index in [0.29, 0.717) is 22.0 Å². The van der Waals surface area contributed by atoms with Crippen LogP contribution >= 0.6 is 11.6 Å². The Kier molecular flexibility index (Phi) is 4.79. The number of rotatable bonds is 4. The maximum atomic E-state index is 13.6. The van der Waals surface area contributed by atoms with Crippen molar-refractivity contribution >= 4 is 17.3 Å². The molecule has 126 valence electrons. The molecular formula is C15H17ClF3N3O. The van der Waals surface area contributed by atoms with Gasteiger partial charge >= 0.3 is 0 Å². The van der Waals surface area contributed by atoms with E-state index >= 15 is 0 Å². The first-order valence-corrected chi connectivity index (χ1v) is 7.20. The fourth-order valence-electron chi connectivity index (χ4n) is 2.44. The molecule has 0 aromatic carbocycles. The summed E-state index contributed by atoms with van der Waals surface area (Å²) in [4.78, 5) is 1.58. The lowest BCUT2D eigenvalue weighted by molar-refractivity contribution is 0.0678. The van der Waals surface area contributed by atoms with Gasteiger partial charge in [-0.2, -0.15) is 5.10 Å². The molecule has 0 N–H and O–H groups in total. The summed E-state index contributed by atoms with van der Waals surface area (Å²) in [6.45, 7) is 6.66. The second kappa shape index (κ2) is 6.31. The van der Waals surface area contributed by atoms with Crippen LogP contribution in [-0.4, -0.2) is 28.1 Å². The Balaban J connectivity index is 2.69. The van der Waals surface area contributed by atoms with Crippen LogP contribution in [0.2, 0.25) is 0 Å². The van der Waals surface area contributed by atoms with Gasteiger partial charge in [-0.3, -0.25) is 0 Å². The van der Waals surface area contributed by atoms with E-state index in [1.54, 1.807) is 24.9 Å². The van der Waals surface area contributed by atoms with Crippen molar-refractivity contribution in [3.05, 3.63) is 40.2 Å². The predicted octanol–water partition coefficient (Wildman–Crippen LogP) is 4.36. The van der Waals surface area contributed by atoms with Crippen LogP contribution in [0.25, 0.3) is 5.70 Å². The Bertz CT molecular complexity index is 707. The lowest BCUT2D eigenvalue weighted by atomic mass is 10.0. The molecule has 0 aliphatic carbocycles. The van der Waals surface area contributed by atoms with Crippen molar-refractivity contribution in [3.8, 4) is 5.88 Å². The zero-order chi connectivity index (χ0) is 17.5. The maximum absolute atomic E-state index is 13.6. The summed E-state index contributed by atoms with van der Waals surface area (Å²) in [6.07, 6.45) is -2.99. The van der Waals surface area contributed by atoms with Crippen LogP contribution in [0.4, 0.5) is 13.2 Å². The molecule has 0 amide bonds. The normalized spacial score (nSPS) is 17.0. The van der Waals surface area contributed by atoms with Crippen LogP contribution in [0.5, 0.6) is 5.88 Å². The third-order valence-corrected chi connectivity index (χ3v) is 3.81. The highest BCUT2D eigenvalue weighted by Gasteiger charge is 2.32. The second-order valence-electron chi connectivity index (χ2n) is 5.18. The van der Waals surface area contributed by atoms with Crippen molar-refractivity contribution < 1.29 is 17.9 Å². The highest BCUT2D eigenvalue weighted by Crippen LogP contribution is 2.41. The van der Waals surface area contributed by atoms with E-state index in [2.05, 4.69) is 11.7 Å². The third kappa shape index (κ3) is 3.10. The minimum atomic E-state index is -2.88. The van der Waals surface area contributed by atoms with Gasteiger partial charge in [0.05, 0.1) is 16.4 Å². The van der Waals surface area contributed by atoms with Crippen LogP contribution in [0.15, 0.2) is 29.0 Å². The van der Waals surface area contributed by atoms with Crippen molar-refractivity contribution in [2.24, 2.45) is 7.05 Å². The molecule has 0 saturated heterocycles. The van der Waals surface area contributed by atoms with E-state index in [0.717, 1.165) is 11.6 Å². The summed E-state index contributed by atoms with van der Waals surface area (Å²) in [5.41, 5.74) is 1.08. The number of likely N-dealkylation sites (N-methyl/N-ethyl adjacent to an activating group) is 1. The standard InChI is InChI=1S/C15H17ClF3N3O/c1-7-6-10(16)8(2)21(4)13(7)12-11(14(18)19)15(22(5)20-12)23-9(3)17/h6,9,14H,2H2,1,3-5H3. The van der Waals surface area contributed by atoms with Crippen molar-refractivity contribution in [1.29, 1.82) is 0 Å². The van der Waals surface area contributed by atoms with Gasteiger partial charge in [-0.25, -0.2) is 17.9 Å². The smallest absolute Gasteiger partial charge is 0.271 e. The average molecular weight is 348 g/mol. The number of aryl methyl sites for hydroxylation is 1.